The first kappa shape index (κ1) is 27.9. The smallest absolute Gasteiger partial charge is 0.330 e. The van der Waals surface area contributed by atoms with E-state index in [0.717, 1.165) is 6.42 Å². The third-order valence-electron chi connectivity index (χ3n) is 5.85. The molecular weight excluding hydrogens is 356 g/mol. The molecule has 0 spiro atoms. The monoisotopic (exact) mass is 406 g/mol. The van der Waals surface area contributed by atoms with Gasteiger partial charge in [0.05, 0.1) is 0 Å². The molecule has 0 saturated carbocycles. The molecule has 0 aromatic heterocycles. The number of carboxylic acids is 1. The summed E-state index contributed by atoms with van der Waals surface area (Å²) in [6.45, 7) is 8.40. The van der Waals surface area contributed by atoms with E-state index in [0.29, 0.717) is 17.4 Å². The van der Waals surface area contributed by atoms with E-state index in [1.54, 1.807) is 6.92 Å². The number of carboxylic acid groups (broad SMARTS) is 1. The Balaban J connectivity index is 3.43. The summed E-state index contributed by atoms with van der Waals surface area (Å²) in [6.07, 6.45) is 28.0. The topological polar surface area (TPSA) is 37.3 Å². The Bertz CT molecular complexity index is 436. The first-order valence-electron chi connectivity index (χ1n) is 12.5. The molecule has 0 amide bonds. The number of hydrogen-bond acceptors (Lipinski definition) is 1. The van der Waals surface area contributed by atoms with Gasteiger partial charge in [-0.15, -0.1) is 0 Å². The fourth-order valence-corrected chi connectivity index (χ4v) is 4.06. The van der Waals surface area contributed by atoms with Crippen LogP contribution in [0.5, 0.6) is 0 Å². The van der Waals surface area contributed by atoms with E-state index < -0.39 is 5.97 Å². The lowest BCUT2D eigenvalue weighted by Gasteiger charge is -2.15. The first-order valence-corrected chi connectivity index (χ1v) is 12.5. The van der Waals surface area contributed by atoms with E-state index in [9.17, 15) is 4.79 Å². The number of aliphatic carboxylic acids is 1. The Kier molecular flexibility index (Phi) is 19.5. The van der Waals surface area contributed by atoms with Gasteiger partial charge in [0.2, 0.25) is 0 Å². The zero-order valence-electron chi connectivity index (χ0n) is 20.1. The lowest BCUT2D eigenvalue weighted by Crippen LogP contribution is -2.04. The van der Waals surface area contributed by atoms with Gasteiger partial charge in [-0.3, -0.25) is 0 Å². The second kappa shape index (κ2) is 20.2. The van der Waals surface area contributed by atoms with Crippen molar-refractivity contribution in [3.63, 3.8) is 0 Å². The molecule has 29 heavy (non-hydrogen) atoms. The third-order valence-corrected chi connectivity index (χ3v) is 5.85. The summed E-state index contributed by atoms with van der Waals surface area (Å²) in [4.78, 5) is 10.9. The van der Waals surface area contributed by atoms with Crippen LogP contribution in [0.15, 0.2) is 23.8 Å². The second-order valence-corrected chi connectivity index (χ2v) is 9.20. The van der Waals surface area contributed by atoms with E-state index in [4.69, 9.17) is 5.11 Å². The molecule has 2 nitrogen and oxygen atoms in total. The van der Waals surface area contributed by atoms with Crippen LogP contribution in [0.25, 0.3) is 0 Å². The van der Waals surface area contributed by atoms with Crippen molar-refractivity contribution in [2.24, 2.45) is 11.8 Å². The molecule has 0 saturated heterocycles. The van der Waals surface area contributed by atoms with Gasteiger partial charge in [-0.05, 0) is 50.9 Å². The zero-order valence-corrected chi connectivity index (χ0v) is 20.1. The van der Waals surface area contributed by atoms with Gasteiger partial charge < -0.3 is 5.11 Å². The highest BCUT2D eigenvalue weighted by atomic mass is 16.4. The molecule has 0 rings (SSSR count). The van der Waals surface area contributed by atoms with Crippen molar-refractivity contribution in [1.82, 2.24) is 0 Å². The maximum atomic E-state index is 10.9. The van der Waals surface area contributed by atoms with Crippen molar-refractivity contribution in [3.8, 4) is 0 Å². The van der Waals surface area contributed by atoms with Crippen LogP contribution in [-0.4, -0.2) is 11.1 Å². The van der Waals surface area contributed by atoms with Crippen LogP contribution in [-0.2, 0) is 4.79 Å². The summed E-state index contributed by atoms with van der Waals surface area (Å²) in [5.74, 6) is 0.243. The van der Waals surface area contributed by atoms with Crippen molar-refractivity contribution in [3.05, 3.63) is 23.8 Å². The molecule has 0 aliphatic carbocycles. The van der Waals surface area contributed by atoms with Gasteiger partial charge >= 0.3 is 5.97 Å². The molecule has 0 heterocycles. The average Bonchev–Trinajstić information content (AvgIpc) is 2.67. The van der Waals surface area contributed by atoms with E-state index in [2.05, 4.69) is 32.9 Å². The van der Waals surface area contributed by atoms with Crippen molar-refractivity contribution < 1.29 is 9.90 Å². The standard InChI is InChI=1S/C27H50O2/c1-5-6-7-8-9-10-11-12-13-14-15-16-17-18-19-20-21-24(2)22-25(3)23-26(4)27(28)29/h12-13,23-25H,5-11,14-22H2,1-4H3,(H,28,29)/b13-12+,26-23+. The molecule has 0 bridgehead atoms. The zero-order chi connectivity index (χ0) is 21.7. The van der Waals surface area contributed by atoms with Crippen molar-refractivity contribution >= 4 is 5.97 Å². The normalized spacial score (nSPS) is 14.4. The summed E-state index contributed by atoms with van der Waals surface area (Å²) in [7, 11) is 0. The van der Waals surface area contributed by atoms with Gasteiger partial charge in [-0.1, -0.05) is 110 Å². The van der Waals surface area contributed by atoms with Gasteiger partial charge in [0.15, 0.2) is 0 Å². The third kappa shape index (κ3) is 20.0. The summed E-state index contributed by atoms with van der Waals surface area (Å²) < 4.78 is 0. The Morgan fingerprint density at radius 3 is 1.79 bits per heavy atom. The highest BCUT2D eigenvalue weighted by Crippen LogP contribution is 2.21. The number of allylic oxidation sites excluding steroid dienone is 3. The SMILES string of the molecule is CCCCCCCC/C=C/CCCCCCCCC(C)CC(C)/C=C(\C)C(=O)O. The van der Waals surface area contributed by atoms with Gasteiger partial charge in [0.25, 0.3) is 0 Å². The molecule has 0 aromatic carbocycles. The predicted molar refractivity (Wildman–Crippen MR) is 128 cm³/mol. The summed E-state index contributed by atoms with van der Waals surface area (Å²) in [5.41, 5.74) is 0.474. The van der Waals surface area contributed by atoms with Crippen LogP contribution in [0, 0.1) is 11.8 Å². The minimum Gasteiger partial charge on any atom is -0.478 e. The lowest BCUT2D eigenvalue weighted by molar-refractivity contribution is -0.132. The Labute approximate surface area is 182 Å². The Morgan fingerprint density at radius 1 is 0.793 bits per heavy atom. The number of carbonyl (C=O) groups is 1. The maximum Gasteiger partial charge on any atom is 0.330 e. The van der Waals surface area contributed by atoms with Crippen LogP contribution in [0.4, 0.5) is 0 Å². The quantitative estimate of drug-likeness (QED) is 0.124. The molecule has 170 valence electrons. The molecule has 2 atom stereocenters. The summed E-state index contributed by atoms with van der Waals surface area (Å²) in [5, 5.41) is 8.95. The van der Waals surface area contributed by atoms with E-state index >= 15 is 0 Å². The molecule has 0 aromatic rings. The fourth-order valence-electron chi connectivity index (χ4n) is 4.06. The molecule has 2 heteroatoms. The fraction of sp³-hybridized carbons (Fsp3) is 0.815. The second-order valence-electron chi connectivity index (χ2n) is 9.20. The van der Waals surface area contributed by atoms with Crippen LogP contribution in [0.1, 0.15) is 130 Å². The van der Waals surface area contributed by atoms with E-state index in [1.165, 1.54) is 96.3 Å². The number of hydrogen-bond donors (Lipinski definition) is 1. The van der Waals surface area contributed by atoms with Crippen molar-refractivity contribution in [1.29, 1.82) is 0 Å². The molecular formula is C27H50O2. The highest BCUT2D eigenvalue weighted by Gasteiger charge is 2.09. The minimum atomic E-state index is -0.794. The largest absolute Gasteiger partial charge is 0.478 e. The molecule has 0 radical (unpaired) electrons. The van der Waals surface area contributed by atoms with Gasteiger partial charge in [0, 0.05) is 5.57 Å². The average molecular weight is 407 g/mol. The highest BCUT2D eigenvalue weighted by molar-refractivity contribution is 5.85. The van der Waals surface area contributed by atoms with Crippen LogP contribution in [0.3, 0.4) is 0 Å². The molecule has 2 unspecified atom stereocenters. The summed E-state index contributed by atoms with van der Waals surface area (Å²) in [6, 6.07) is 0. The molecule has 1 N–H and O–H groups in total. The molecule has 0 fully saturated rings. The van der Waals surface area contributed by atoms with Gasteiger partial charge in [-0.25, -0.2) is 4.79 Å². The Morgan fingerprint density at radius 2 is 1.28 bits per heavy atom. The van der Waals surface area contributed by atoms with Gasteiger partial charge in [-0.2, -0.15) is 0 Å². The molecule has 0 aliphatic rings. The van der Waals surface area contributed by atoms with Crippen molar-refractivity contribution in [2.75, 3.05) is 0 Å². The van der Waals surface area contributed by atoms with E-state index in [-0.39, 0.29) is 0 Å². The van der Waals surface area contributed by atoms with Gasteiger partial charge in [0.1, 0.15) is 0 Å². The maximum absolute atomic E-state index is 10.9. The first-order chi connectivity index (χ1) is 14.0. The van der Waals surface area contributed by atoms with Crippen LogP contribution < -0.4 is 0 Å². The van der Waals surface area contributed by atoms with Crippen molar-refractivity contribution in [2.45, 2.75) is 130 Å². The Hall–Kier alpha value is -1.05. The number of rotatable bonds is 20. The number of unbranched alkanes of at least 4 members (excludes halogenated alkanes) is 12. The summed E-state index contributed by atoms with van der Waals surface area (Å²) >= 11 is 0. The van der Waals surface area contributed by atoms with Crippen LogP contribution >= 0.6 is 0 Å². The minimum absolute atomic E-state index is 0.357. The molecule has 0 aliphatic heterocycles. The lowest BCUT2D eigenvalue weighted by atomic mass is 9.91. The van der Waals surface area contributed by atoms with Crippen LogP contribution in [0.2, 0.25) is 0 Å². The predicted octanol–water partition coefficient (Wildman–Crippen LogP) is 9.11. The van der Waals surface area contributed by atoms with E-state index in [1.807, 2.05) is 6.08 Å².